The van der Waals surface area contributed by atoms with Gasteiger partial charge in [0.1, 0.15) is 0 Å². The summed E-state index contributed by atoms with van der Waals surface area (Å²) in [6.07, 6.45) is 1.58. The molecule has 0 aliphatic carbocycles. The number of aromatic nitrogens is 3. The van der Waals surface area contributed by atoms with Crippen LogP contribution in [0.4, 0.5) is 4.39 Å². The molecule has 6 heteroatoms. The number of halogens is 2. The lowest BCUT2D eigenvalue weighted by atomic mass is 10.1. The van der Waals surface area contributed by atoms with E-state index in [4.69, 9.17) is 11.6 Å². The first-order valence-corrected chi connectivity index (χ1v) is 5.52. The molecule has 2 aromatic heterocycles. The van der Waals surface area contributed by atoms with Crippen LogP contribution in [0.15, 0.2) is 36.5 Å². The van der Waals surface area contributed by atoms with Crippen LogP contribution >= 0.6 is 11.6 Å². The highest BCUT2D eigenvalue weighted by Crippen LogP contribution is 2.26. The fourth-order valence-electron chi connectivity index (χ4n) is 1.77. The number of fused-ring (bicyclic) bond motifs is 1. The zero-order valence-corrected chi connectivity index (χ0v) is 9.76. The summed E-state index contributed by atoms with van der Waals surface area (Å²) >= 11 is 5.73. The molecular formula is C12H7ClFN3O. The molecule has 0 radical (unpaired) electrons. The topological polar surface area (TPSA) is 50.4 Å². The Kier molecular flexibility index (Phi) is 2.41. The Bertz CT molecular complexity index is 741. The van der Waals surface area contributed by atoms with E-state index >= 15 is 0 Å². The van der Waals surface area contributed by atoms with Crippen LogP contribution in [0, 0.1) is 5.82 Å². The molecule has 0 aliphatic rings. The van der Waals surface area contributed by atoms with Crippen LogP contribution in [0.2, 0.25) is 5.28 Å². The summed E-state index contributed by atoms with van der Waals surface area (Å²) in [5.74, 6) is -1.06. The number of aromatic hydroxyl groups is 1. The van der Waals surface area contributed by atoms with E-state index < -0.39 is 5.82 Å². The van der Waals surface area contributed by atoms with Gasteiger partial charge in [-0.1, -0.05) is 0 Å². The van der Waals surface area contributed by atoms with Crippen molar-refractivity contribution >= 4 is 17.1 Å². The molecule has 1 aromatic carbocycles. The van der Waals surface area contributed by atoms with E-state index in [9.17, 15) is 9.50 Å². The Morgan fingerprint density at radius 2 is 2.06 bits per heavy atom. The Morgan fingerprint density at radius 3 is 2.83 bits per heavy atom. The molecule has 0 saturated heterocycles. The second kappa shape index (κ2) is 3.96. The van der Waals surface area contributed by atoms with Gasteiger partial charge in [0.25, 0.3) is 0 Å². The zero-order chi connectivity index (χ0) is 12.7. The van der Waals surface area contributed by atoms with Crippen molar-refractivity contribution in [1.82, 2.24) is 14.6 Å². The van der Waals surface area contributed by atoms with Gasteiger partial charge >= 0.3 is 0 Å². The molecule has 4 nitrogen and oxygen atoms in total. The van der Waals surface area contributed by atoms with Crippen molar-refractivity contribution in [3.05, 3.63) is 47.6 Å². The van der Waals surface area contributed by atoms with Crippen molar-refractivity contribution < 1.29 is 9.50 Å². The van der Waals surface area contributed by atoms with Crippen LogP contribution < -0.4 is 0 Å². The maximum atomic E-state index is 13.3. The Labute approximate surface area is 106 Å². The smallest absolute Gasteiger partial charge is 0.241 e. The standard InChI is InChI=1S/C12H7ClFN3O/c13-12-15-6-8-2-3-10(17(8)16-12)7-1-4-11(18)9(14)5-7/h1-6,18H. The maximum absolute atomic E-state index is 13.3. The molecule has 2 heterocycles. The number of nitrogens with zero attached hydrogens (tertiary/aromatic N) is 3. The van der Waals surface area contributed by atoms with Crippen LogP contribution in [0.25, 0.3) is 16.8 Å². The van der Waals surface area contributed by atoms with Gasteiger partial charge in [0.15, 0.2) is 11.6 Å². The average Bonchev–Trinajstić information content (AvgIpc) is 2.75. The zero-order valence-electron chi connectivity index (χ0n) is 9.01. The van der Waals surface area contributed by atoms with Gasteiger partial charge < -0.3 is 5.11 Å². The third kappa shape index (κ3) is 1.69. The van der Waals surface area contributed by atoms with Gasteiger partial charge in [0.05, 0.1) is 17.4 Å². The van der Waals surface area contributed by atoms with Gasteiger partial charge in [-0.2, -0.15) is 0 Å². The summed E-state index contributed by atoms with van der Waals surface area (Å²) in [6, 6.07) is 7.73. The largest absolute Gasteiger partial charge is 0.505 e. The highest BCUT2D eigenvalue weighted by atomic mass is 35.5. The molecule has 3 aromatic rings. The molecule has 0 spiro atoms. The maximum Gasteiger partial charge on any atom is 0.241 e. The third-order valence-corrected chi connectivity index (χ3v) is 2.79. The van der Waals surface area contributed by atoms with Gasteiger partial charge in [-0.3, -0.25) is 0 Å². The van der Waals surface area contributed by atoms with E-state index in [1.165, 1.54) is 12.1 Å². The van der Waals surface area contributed by atoms with Crippen molar-refractivity contribution in [3.63, 3.8) is 0 Å². The molecule has 0 amide bonds. The average molecular weight is 264 g/mol. The van der Waals surface area contributed by atoms with Crippen molar-refractivity contribution in [3.8, 4) is 17.0 Å². The summed E-state index contributed by atoms with van der Waals surface area (Å²) in [5, 5.41) is 13.3. The molecular weight excluding hydrogens is 257 g/mol. The lowest BCUT2D eigenvalue weighted by molar-refractivity contribution is 0.432. The fraction of sp³-hybridized carbons (Fsp3) is 0. The first kappa shape index (κ1) is 11.0. The number of rotatable bonds is 1. The second-order valence-electron chi connectivity index (χ2n) is 3.75. The van der Waals surface area contributed by atoms with Crippen molar-refractivity contribution in [1.29, 1.82) is 0 Å². The third-order valence-electron chi connectivity index (χ3n) is 2.61. The van der Waals surface area contributed by atoms with Gasteiger partial charge in [0.2, 0.25) is 5.28 Å². The molecule has 18 heavy (non-hydrogen) atoms. The van der Waals surface area contributed by atoms with E-state index in [0.717, 1.165) is 5.52 Å². The quantitative estimate of drug-likeness (QED) is 0.734. The van der Waals surface area contributed by atoms with Crippen molar-refractivity contribution in [2.75, 3.05) is 0 Å². The molecule has 0 fully saturated rings. The molecule has 0 atom stereocenters. The van der Waals surface area contributed by atoms with E-state index in [0.29, 0.717) is 11.3 Å². The molecule has 0 unspecified atom stereocenters. The van der Waals surface area contributed by atoms with Gasteiger partial charge in [-0.25, -0.2) is 13.9 Å². The predicted molar refractivity (Wildman–Crippen MR) is 65.1 cm³/mol. The number of benzene rings is 1. The van der Waals surface area contributed by atoms with Crippen molar-refractivity contribution in [2.24, 2.45) is 0 Å². The minimum atomic E-state index is -0.678. The number of phenols is 1. The summed E-state index contributed by atoms with van der Waals surface area (Å²) in [6.45, 7) is 0. The van der Waals surface area contributed by atoms with Crippen LogP contribution in [0.1, 0.15) is 0 Å². The SMILES string of the molecule is Oc1ccc(-c2ccc3cnc(Cl)nn23)cc1F. The van der Waals surface area contributed by atoms with Crippen molar-refractivity contribution in [2.45, 2.75) is 0 Å². The van der Waals surface area contributed by atoms with E-state index in [-0.39, 0.29) is 11.0 Å². The minimum Gasteiger partial charge on any atom is -0.505 e. The highest BCUT2D eigenvalue weighted by Gasteiger charge is 2.09. The highest BCUT2D eigenvalue weighted by molar-refractivity contribution is 6.28. The van der Waals surface area contributed by atoms with Gasteiger partial charge in [-0.05, 0) is 41.9 Å². The molecule has 90 valence electrons. The summed E-state index contributed by atoms with van der Waals surface area (Å²) in [5.41, 5.74) is 2.02. The van der Waals surface area contributed by atoms with Gasteiger partial charge in [-0.15, -0.1) is 5.10 Å². The van der Waals surface area contributed by atoms with Crippen LogP contribution in [-0.2, 0) is 0 Å². The lowest BCUT2D eigenvalue weighted by Gasteiger charge is -2.03. The van der Waals surface area contributed by atoms with Crippen LogP contribution in [-0.4, -0.2) is 19.7 Å². The molecule has 0 saturated carbocycles. The number of phenolic OH excluding ortho intramolecular Hbond substituents is 1. The Balaban J connectivity index is 2.24. The van der Waals surface area contributed by atoms with Crippen LogP contribution in [0.5, 0.6) is 5.75 Å². The van der Waals surface area contributed by atoms with E-state index in [1.807, 2.05) is 0 Å². The van der Waals surface area contributed by atoms with E-state index in [1.54, 1.807) is 28.9 Å². The second-order valence-corrected chi connectivity index (χ2v) is 4.09. The minimum absolute atomic E-state index is 0.110. The summed E-state index contributed by atoms with van der Waals surface area (Å²) in [4.78, 5) is 3.87. The fourth-order valence-corrected chi connectivity index (χ4v) is 1.89. The first-order valence-electron chi connectivity index (χ1n) is 5.14. The predicted octanol–water partition coefficient (Wildman–Crippen LogP) is 2.89. The van der Waals surface area contributed by atoms with E-state index in [2.05, 4.69) is 10.1 Å². The Hall–Kier alpha value is -2.14. The van der Waals surface area contributed by atoms with Gasteiger partial charge in [0, 0.05) is 5.56 Å². The summed E-state index contributed by atoms with van der Waals surface area (Å²) < 4.78 is 14.9. The molecule has 1 N–H and O–H groups in total. The number of hydrogen-bond donors (Lipinski definition) is 1. The van der Waals surface area contributed by atoms with Crippen LogP contribution in [0.3, 0.4) is 0 Å². The monoisotopic (exact) mass is 263 g/mol. The Morgan fingerprint density at radius 1 is 1.22 bits per heavy atom. The lowest BCUT2D eigenvalue weighted by Crippen LogP contribution is -1.96. The first-order chi connectivity index (χ1) is 8.65. The number of hydrogen-bond acceptors (Lipinski definition) is 3. The molecule has 0 aliphatic heterocycles. The summed E-state index contributed by atoms with van der Waals surface area (Å²) in [7, 11) is 0. The molecule has 3 rings (SSSR count). The molecule has 0 bridgehead atoms. The normalized spacial score (nSPS) is 11.0.